The van der Waals surface area contributed by atoms with Crippen LogP contribution in [-0.2, 0) is 0 Å². The first-order chi connectivity index (χ1) is 10.4. The van der Waals surface area contributed by atoms with E-state index in [1.54, 1.807) is 38.5 Å². The third-order valence-electron chi connectivity index (χ3n) is 6.93. The summed E-state index contributed by atoms with van der Waals surface area (Å²) in [4.78, 5) is 10.6. The van der Waals surface area contributed by atoms with Crippen molar-refractivity contribution in [2.24, 2.45) is 47.3 Å². The molecule has 0 aliphatic heterocycles. The molecule has 7 saturated carbocycles. The zero-order valence-corrected chi connectivity index (χ0v) is 14.8. The monoisotopic (exact) mass is 326 g/mol. The summed E-state index contributed by atoms with van der Waals surface area (Å²) < 4.78 is 0. The van der Waals surface area contributed by atoms with Gasteiger partial charge in [0.25, 0.3) is 0 Å². The zero-order valence-electron chi connectivity index (χ0n) is 14.8. The van der Waals surface area contributed by atoms with E-state index in [9.17, 15) is 0 Å². The second-order valence-corrected chi connectivity index (χ2v) is 8.75. The van der Waals surface area contributed by atoms with Gasteiger partial charge in [0.05, 0.1) is 0 Å². The van der Waals surface area contributed by atoms with Gasteiger partial charge in [-0.05, 0) is 107 Å². The molecule has 0 aromatic rings. The number of hydrogen-bond donors (Lipinski definition) is 3. The van der Waals surface area contributed by atoms with Crippen LogP contribution in [0.4, 0.5) is 4.79 Å². The van der Waals surface area contributed by atoms with Crippen molar-refractivity contribution in [2.75, 3.05) is 21.1 Å². The Kier molecular flexibility index (Phi) is 5.62. The highest BCUT2D eigenvalue weighted by Crippen LogP contribution is 2.71. The molecule has 7 fully saturated rings. The molecule has 7 aliphatic carbocycles. The molecule has 0 atom stereocenters. The molecular formula is C18H34N2O3. The average Bonchev–Trinajstić information content (AvgIpc) is 2.42. The highest BCUT2D eigenvalue weighted by Gasteiger charge is 2.63. The topological polar surface area (TPSA) is 95.8 Å². The normalized spacial score (nSPS) is 46.4. The van der Waals surface area contributed by atoms with Crippen molar-refractivity contribution in [1.82, 2.24) is 11.1 Å². The van der Waals surface area contributed by atoms with Crippen molar-refractivity contribution in [3.8, 4) is 0 Å². The minimum atomic E-state index is -1.83. The highest BCUT2D eigenvalue weighted by molar-refractivity contribution is 5.53. The second kappa shape index (κ2) is 6.98. The summed E-state index contributed by atoms with van der Waals surface area (Å²) in [5, 5.41) is 13.9. The van der Waals surface area contributed by atoms with Crippen LogP contribution in [-0.4, -0.2) is 42.4 Å². The fourth-order valence-corrected chi connectivity index (χ4v) is 6.89. The maximum atomic E-state index is 8.56. The molecule has 0 spiro atoms. The molecule has 0 unspecified atom stereocenters. The first-order valence-corrected chi connectivity index (χ1v) is 8.89. The fraction of sp³-hybridized carbons (Fsp3) is 0.944. The van der Waals surface area contributed by atoms with Gasteiger partial charge >= 0.3 is 6.16 Å². The molecule has 7 aliphatic rings. The van der Waals surface area contributed by atoms with E-state index in [0.717, 1.165) is 0 Å². The molecule has 5 heteroatoms. The maximum Gasteiger partial charge on any atom is 0.503 e. The van der Waals surface area contributed by atoms with E-state index >= 15 is 0 Å². The second-order valence-electron chi connectivity index (χ2n) is 8.75. The number of nitrogens with zero attached hydrogens (tertiary/aromatic N) is 1. The predicted octanol–water partition coefficient (Wildman–Crippen LogP) is 3.89. The average molecular weight is 326 g/mol. The van der Waals surface area contributed by atoms with Crippen LogP contribution in [0.25, 0.3) is 0 Å². The summed E-state index contributed by atoms with van der Waals surface area (Å²) in [6.45, 7) is 0. The Morgan fingerprint density at radius 1 is 0.696 bits per heavy atom. The Morgan fingerprint density at radius 3 is 0.957 bits per heavy atom. The number of carbonyl (C=O) groups is 1. The minimum absolute atomic E-state index is 0. The molecule has 8 bridgehead atoms. The molecule has 5 N–H and O–H groups in total. The summed E-state index contributed by atoms with van der Waals surface area (Å²) >= 11 is 0. The molecule has 0 saturated heterocycles. The van der Waals surface area contributed by atoms with Crippen LogP contribution >= 0.6 is 0 Å². The first-order valence-electron chi connectivity index (χ1n) is 8.89. The lowest BCUT2D eigenvalue weighted by Gasteiger charge is -2.69. The van der Waals surface area contributed by atoms with Crippen molar-refractivity contribution in [3.05, 3.63) is 0 Å². The van der Waals surface area contributed by atoms with Crippen LogP contribution in [0.15, 0.2) is 0 Å². The molecular weight excluding hydrogens is 292 g/mol. The Labute approximate surface area is 140 Å². The van der Waals surface area contributed by atoms with Crippen molar-refractivity contribution in [1.29, 1.82) is 0 Å². The van der Waals surface area contributed by atoms with Gasteiger partial charge in [-0.3, -0.25) is 0 Å². The highest BCUT2D eigenvalue weighted by atomic mass is 16.6. The van der Waals surface area contributed by atoms with E-state index in [2.05, 4.69) is 0 Å². The van der Waals surface area contributed by atoms with Crippen molar-refractivity contribution in [3.63, 3.8) is 0 Å². The smallest absolute Gasteiger partial charge is 0.450 e. The standard InChI is InChI=1S/C14H20.C3H9N.CH2O3.H3N/c1-7-2-12-10-4-8-5-11(9(1)10)13(3-7)14(12)6-8;1-4(2)3;2-1(3)4;/h7-14H,1-6H2;1-3H3;(H2,2,3,4);1H3. The van der Waals surface area contributed by atoms with Gasteiger partial charge in [-0.1, -0.05) is 0 Å². The molecule has 0 aromatic heterocycles. The van der Waals surface area contributed by atoms with Gasteiger partial charge in [-0.2, -0.15) is 0 Å². The van der Waals surface area contributed by atoms with Gasteiger partial charge < -0.3 is 21.3 Å². The van der Waals surface area contributed by atoms with Crippen LogP contribution in [0, 0.1) is 47.3 Å². The largest absolute Gasteiger partial charge is 0.503 e. The summed E-state index contributed by atoms with van der Waals surface area (Å²) in [5.41, 5.74) is 0. The lowest BCUT2D eigenvalue weighted by Crippen LogP contribution is -2.62. The van der Waals surface area contributed by atoms with Crippen LogP contribution < -0.4 is 6.15 Å². The summed E-state index contributed by atoms with van der Waals surface area (Å²) in [5.74, 6) is 9.74. The first kappa shape index (κ1) is 18.5. The van der Waals surface area contributed by atoms with E-state index in [1.807, 2.05) is 26.0 Å². The minimum Gasteiger partial charge on any atom is -0.450 e. The molecule has 0 heterocycles. The predicted molar refractivity (Wildman–Crippen MR) is 90.9 cm³/mol. The fourth-order valence-electron chi connectivity index (χ4n) is 6.89. The van der Waals surface area contributed by atoms with Crippen molar-refractivity contribution in [2.45, 2.75) is 38.5 Å². The molecule has 7 rings (SSSR count). The number of rotatable bonds is 0. The van der Waals surface area contributed by atoms with Gasteiger partial charge in [0.2, 0.25) is 0 Å². The number of carboxylic acid groups (broad SMARTS) is 2. The quantitative estimate of drug-likeness (QED) is 0.627. The van der Waals surface area contributed by atoms with E-state index in [-0.39, 0.29) is 6.15 Å². The Balaban J connectivity index is 0.000000185. The SMILES string of the molecule is C1C2CC3C4CC5CC(C14)C(C2)C3C5.CN(C)C.N.O=C(O)O. The van der Waals surface area contributed by atoms with Gasteiger partial charge in [-0.15, -0.1) is 0 Å². The molecule has 0 radical (unpaired) electrons. The van der Waals surface area contributed by atoms with Crippen LogP contribution in [0.5, 0.6) is 0 Å². The maximum absolute atomic E-state index is 8.56. The molecule has 23 heavy (non-hydrogen) atoms. The van der Waals surface area contributed by atoms with Gasteiger partial charge in [0, 0.05) is 0 Å². The number of hydrogen-bond acceptors (Lipinski definition) is 3. The van der Waals surface area contributed by atoms with Gasteiger partial charge in [0.1, 0.15) is 0 Å². The van der Waals surface area contributed by atoms with E-state index in [1.165, 1.54) is 47.3 Å². The molecule has 5 nitrogen and oxygen atoms in total. The van der Waals surface area contributed by atoms with E-state index in [4.69, 9.17) is 15.0 Å². The molecule has 0 aromatic carbocycles. The summed E-state index contributed by atoms with van der Waals surface area (Å²) in [7, 11) is 6.00. The van der Waals surface area contributed by atoms with Gasteiger partial charge in [0.15, 0.2) is 0 Å². The van der Waals surface area contributed by atoms with E-state index < -0.39 is 6.16 Å². The van der Waals surface area contributed by atoms with Crippen LogP contribution in [0.2, 0.25) is 0 Å². The molecule has 134 valence electrons. The Hall–Kier alpha value is -0.810. The summed E-state index contributed by atoms with van der Waals surface area (Å²) in [6.07, 6.45) is 8.09. The van der Waals surface area contributed by atoms with E-state index in [0.29, 0.717) is 0 Å². The third-order valence-corrected chi connectivity index (χ3v) is 6.93. The van der Waals surface area contributed by atoms with Crippen molar-refractivity contribution >= 4 is 6.16 Å². The Morgan fingerprint density at radius 2 is 0.826 bits per heavy atom. The summed E-state index contributed by atoms with van der Waals surface area (Å²) in [6, 6.07) is 0. The van der Waals surface area contributed by atoms with Crippen LogP contribution in [0.1, 0.15) is 38.5 Å². The lowest BCUT2D eigenvalue weighted by atomic mass is 9.36. The third kappa shape index (κ3) is 3.50. The zero-order chi connectivity index (χ0) is 16.0. The van der Waals surface area contributed by atoms with Crippen molar-refractivity contribution < 1.29 is 15.0 Å². The van der Waals surface area contributed by atoms with Crippen LogP contribution in [0.3, 0.4) is 0 Å². The van der Waals surface area contributed by atoms with Gasteiger partial charge in [-0.25, -0.2) is 4.79 Å². The Bertz CT molecular complexity index is 332. The lowest BCUT2D eigenvalue weighted by molar-refractivity contribution is -0.202. The molecule has 0 amide bonds.